The van der Waals surface area contributed by atoms with Crippen LogP contribution in [0.25, 0.3) is 0 Å². The van der Waals surface area contributed by atoms with E-state index in [1.54, 1.807) is 50.1 Å². The van der Waals surface area contributed by atoms with E-state index < -0.39 is 12.0 Å². The van der Waals surface area contributed by atoms with E-state index in [0.29, 0.717) is 29.2 Å². The van der Waals surface area contributed by atoms with Gasteiger partial charge in [0.2, 0.25) is 5.91 Å². The molecule has 0 unspecified atom stereocenters. The molecule has 3 rings (SSSR count). The Bertz CT molecular complexity index is 1040. The van der Waals surface area contributed by atoms with Crippen LogP contribution in [-0.2, 0) is 4.79 Å². The lowest BCUT2D eigenvalue weighted by atomic mass is 9.79. The molecule has 1 aliphatic heterocycles. The van der Waals surface area contributed by atoms with Crippen molar-refractivity contribution in [2.45, 2.75) is 43.5 Å². The number of benzene rings is 2. The predicted molar refractivity (Wildman–Crippen MR) is 145 cm³/mol. The zero-order valence-corrected chi connectivity index (χ0v) is 23.1. The van der Waals surface area contributed by atoms with Crippen LogP contribution in [0, 0.1) is 0 Å². The summed E-state index contributed by atoms with van der Waals surface area (Å²) in [7, 11) is 4.86. The fraction of sp³-hybridized carbons (Fsp3) is 0.500. The summed E-state index contributed by atoms with van der Waals surface area (Å²) in [5.74, 6) is 0.126. The summed E-state index contributed by atoms with van der Waals surface area (Å²) in [6.07, 6.45) is 4.31. The number of carbonyl (C=O) groups excluding carboxylic acids is 2. The molecule has 0 aromatic heterocycles. The monoisotopic (exact) mass is 513 g/mol. The topological polar surface area (TPSA) is 71.1 Å². The van der Waals surface area contributed by atoms with Crippen molar-refractivity contribution in [3.8, 4) is 11.5 Å². The zero-order chi connectivity index (χ0) is 26.2. The van der Waals surface area contributed by atoms with Crippen LogP contribution in [0.3, 0.4) is 0 Å². The molecule has 2 atom stereocenters. The van der Waals surface area contributed by atoms with Gasteiger partial charge in [0.25, 0.3) is 5.91 Å². The molecule has 0 aliphatic carbocycles. The van der Waals surface area contributed by atoms with Crippen LogP contribution >= 0.6 is 11.8 Å². The predicted octanol–water partition coefficient (Wildman–Crippen LogP) is 4.57. The molecule has 1 heterocycles. The maximum atomic E-state index is 13.8. The first-order valence-electron chi connectivity index (χ1n) is 12.6. The summed E-state index contributed by atoms with van der Waals surface area (Å²) >= 11 is 1.66. The number of nitrogens with one attached hydrogen (secondary N) is 1. The smallest absolute Gasteiger partial charge is 0.254 e. The minimum atomic E-state index is -0.589. The van der Waals surface area contributed by atoms with Crippen LogP contribution in [0.15, 0.2) is 41.3 Å². The highest BCUT2D eigenvalue weighted by atomic mass is 32.2. The second kappa shape index (κ2) is 13.0. The van der Waals surface area contributed by atoms with Gasteiger partial charge in [0.15, 0.2) is 11.5 Å². The van der Waals surface area contributed by atoms with Crippen LogP contribution in [-0.4, -0.2) is 75.3 Å². The average Bonchev–Trinajstić information content (AvgIpc) is 2.91. The van der Waals surface area contributed by atoms with Crippen molar-refractivity contribution in [3.05, 3.63) is 53.1 Å². The Morgan fingerprint density at radius 3 is 2.33 bits per heavy atom. The largest absolute Gasteiger partial charge is 0.493 e. The van der Waals surface area contributed by atoms with E-state index in [1.807, 2.05) is 30.5 Å². The number of hydrogen-bond donors (Lipinski definition) is 1. The van der Waals surface area contributed by atoms with Crippen LogP contribution in [0.2, 0.25) is 0 Å². The van der Waals surface area contributed by atoms with Gasteiger partial charge < -0.3 is 24.6 Å². The van der Waals surface area contributed by atoms with E-state index >= 15 is 0 Å². The highest BCUT2D eigenvalue weighted by Gasteiger charge is 2.43. The lowest BCUT2D eigenvalue weighted by Gasteiger charge is -2.40. The summed E-state index contributed by atoms with van der Waals surface area (Å²) in [5.41, 5.74) is 2.04. The van der Waals surface area contributed by atoms with Crippen LogP contribution in [0.4, 0.5) is 0 Å². The minimum Gasteiger partial charge on any atom is -0.493 e. The van der Waals surface area contributed by atoms with E-state index in [9.17, 15) is 9.59 Å². The number of methoxy groups -OCH3 is 2. The lowest BCUT2D eigenvalue weighted by Crippen LogP contribution is -2.46. The highest BCUT2D eigenvalue weighted by molar-refractivity contribution is 7.98. The van der Waals surface area contributed by atoms with Gasteiger partial charge >= 0.3 is 0 Å². The second-order valence-corrected chi connectivity index (χ2v) is 9.86. The molecule has 36 heavy (non-hydrogen) atoms. The molecule has 0 saturated carbocycles. The van der Waals surface area contributed by atoms with Gasteiger partial charge in [-0.3, -0.25) is 9.59 Å². The van der Waals surface area contributed by atoms with Crippen molar-refractivity contribution in [2.24, 2.45) is 0 Å². The number of hydrogen-bond acceptors (Lipinski definition) is 6. The molecule has 196 valence electrons. The molecule has 0 spiro atoms. The number of carbonyl (C=O) groups is 2. The van der Waals surface area contributed by atoms with E-state index in [-0.39, 0.29) is 11.8 Å². The average molecular weight is 514 g/mol. The Balaban J connectivity index is 1.99. The quantitative estimate of drug-likeness (QED) is 0.419. The van der Waals surface area contributed by atoms with Crippen molar-refractivity contribution in [1.29, 1.82) is 0 Å². The first-order valence-corrected chi connectivity index (χ1v) is 13.8. The van der Waals surface area contributed by atoms with Gasteiger partial charge in [-0.25, -0.2) is 0 Å². The van der Waals surface area contributed by atoms with Gasteiger partial charge in [-0.15, -0.1) is 11.8 Å². The Hall–Kier alpha value is -2.71. The molecule has 0 radical (unpaired) electrons. The summed E-state index contributed by atoms with van der Waals surface area (Å²) in [4.78, 5) is 32.5. The van der Waals surface area contributed by atoms with Crippen molar-refractivity contribution in [1.82, 2.24) is 15.1 Å². The number of likely N-dealkylation sites (N-methyl/N-ethyl adjacent to an activating group) is 2. The van der Waals surface area contributed by atoms with Crippen molar-refractivity contribution >= 4 is 23.6 Å². The summed E-state index contributed by atoms with van der Waals surface area (Å²) < 4.78 is 11.0. The first kappa shape index (κ1) is 27.9. The number of thioether (sulfide) groups is 1. The number of nitrogens with zero attached hydrogens (tertiary/aromatic N) is 2. The first-order chi connectivity index (χ1) is 17.4. The summed E-state index contributed by atoms with van der Waals surface area (Å²) in [6.45, 7) is 7.63. The molecular weight excluding hydrogens is 474 g/mol. The third kappa shape index (κ3) is 5.98. The van der Waals surface area contributed by atoms with E-state index in [1.165, 1.54) is 0 Å². The van der Waals surface area contributed by atoms with Crippen molar-refractivity contribution in [3.63, 3.8) is 0 Å². The maximum absolute atomic E-state index is 13.8. The van der Waals surface area contributed by atoms with Gasteiger partial charge in [-0.05, 0) is 61.2 Å². The highest BCUT2D eigenvalue weighted by Crippen LogP contribution is 2.45. The zero-order valence-electron chi connectivity index (χ0n) is 22.3. The van der Waals surface area contributed by atoms with Gasteiger partial charge in [-0.1, -0.05) is 32.4 Å². The van der Waals surface area contributed by atoms with Gasteiger partial charge in [-0.2, -0.15) is 0 Å². The fourth-order valence-electron chi connectivity index (χ4n) is 4.81. The number of amides is 2. The Morgan fingerprint density at radius 1 is 1.08 bits per heavy atom. The molecule has 7 nitrogen and oxygen atoms in total. The molecular formula is C28H39N3O4S. The lowest BCUT2D eigenvalue weighted by molar-refractivity contribution is -0.124. The summed E-state index contributed by atoms with van der Waals surface area (Å²) in [6, 6.07) is 11.1. The molecule has 8 heteroatoms. The van der Waals surface area contributed by atoms with Crippen molar-refractivity contribution < 1.29 is 19.1 Å². The Morgan fingerprint density at radius 2 is 1.75 bits per heavy atom. The molecule has 0 bridgehead atoms. The summed E-state index contributed by atoms with van der Waals surface area (Å²) in [5, 5.41) is 3.16. The van der Waals surface area contributed by atoms with Crippen molar-refractivity contribution in [2.75, 3.05) is 53.7 Å². The third-order valence-electron chi connectivity index (χ3n) is 6.92. The maximum Gasteiger partial charge on any atom is 0.254 e. The minimum absolute atomic E-state index is 0.103. The van der Waals surface area contributed by atoms with E-state index in [0.717, 1.165) is 42.9 Å². The van der Waals surface area contributed by atoms with Gasteiger partial charge in [0, 0.05) is 30.6 Å². The molecule has 1 aliphatic rings. The van der Waals surface area contributed by atoms with Crippen LogP contribution < -0.4 is 14.8 Å². The molecule has 1 N–H and O–H groups in total. The van der Waals surface area contributed by atoms with Crippen LogP contribution in [0.5, 0.6) is 11.5 Å². The molecule has 2 aromatic carbocycles. The van der Waals surface area contributed by atoms with E-state index in [4.69, 9.17) is 9.47 Å². The molecule has 0 saturated heterocycles. The van der Waals surface area contributed by atoms with Gasteiger partial charge in [0.1, 0.15) is 0 Å². The normalized spacial score (nSPS) is 17.2. The number of rotatable bonds is 12. The number of unbranched alkanes of at least 4 members (excludes halogenated alkanes) is 1. The second-order valence-electron chi connectivity index (χ2n) is 8.99. The number of fused-ring (bicyclic) bond motifs is 1. The van der Waals surface area contributed by atoms with E-state index in [2.05, 4.69) is 24.1 Å². The number of ether oxygens (including phenoxy) is 2. The fourth-order valence-corrected chi connectivity index (χ4v) is 5.21. The Labute approximate surface area is 219 Å². The third-order valence-corrected chi connectivity index (χ3v) is 7.66. The molecule has 2 aromatic rings. The van der Waals surface area contributed by atoms with Crippen LogP contribution in [0.1, 0.15) is 60.1 Å². The molecule has 0 fully saturated rings. The SMILES string of the molecule is CCCCN(CC)CCNC(=O)[C@H]1c2cc(OC)c(OC)cc2C(=O)N(C)[C@@H]1c1ccc(SC)cc1. The standard InChI is InChI=1S/C28H39N3O4S/c1-7-9-15-31(8-2)16-14-29-27(32)25-21-17-23(34-4)24(35-5)18-22(21)28(33)30(3)26(25)19-10-12-20(36-6)13-11-19/h10-13,17-18,25-26H,7-9,14-16H2,1-6H3,(H,29,32)/t25-,26+/m0/s1. The van der Waals surface area contributed by atoms with Gasteiger partial charge in [0.05, 0.1) is 26.2 Å². The Kier molecular flexibility index (Phi) is 10.1. The molecule has 2 amide bonds.